The van der Waals surface area contributed by atoms with Crippen molar-refractivity contribution in [3.63, 3.8) is 0 Å². The Balaban J connectivity index is 1.37. The molecule has 4 aromatic carbocycles. The molecule has 15 heteroatoms. The lowest BCUT2D eigenvalue weighted by Gasteiger charge is -2.51. The molecule has 260 valence electrons. The molecule has 3 fully saturated rings. The first-order valence-corrected chi connectivity index (χ1v) is 16.6. The second kappa shape index (κ2) is 11.2. The van der Waals surface area contributed by atoms with Crippen LogP contribution in [0.5, 0.6) is 5.75 Å². The van der Waals surface area contributed by atoms with Crippen LogP contribution in [0.1, 0.15) is 24.3 Å². The summed E-state index contributed by atoms with van der Waals surface area (Å²) in [6.45, 7) is 0. The summed E-state index contributed by atoms with van der Waals surface area (Å²) in [6.07, 6.45) is 0.837. The third-order valence-electron chi connectivity index (χ3n) is 10.5. The van der Waals surface area contributed by atoms with Gasteiger partial charge in [-0.05, 0) is 59.9 Å². The normalized spacial score (nSPS) is 28.7. The Labute approximate surface area is 299 Å². The number of amides is 4. The maximum absolute atomic E-state index is 15.3. The zero-order chi connectivity index (χ0) is 36.5. The summed E-state index contributed by atoms with van der Waals surface area (Å²) in [5.41, 5.74) is -1.50. The van der Waals surface area contributed by atoms with Gasteiger partial charge in [-0.25, -0.2) is 26.9 Å². The van der Waals surface area contributed by atoms with Crippen LogP contribution < -0.4 is 9.80 Å². The molecule has 1 saturated carbocycles. The average Bonchev–Trinajstić information content (AvgIpc) is 3.45. The number of aromatic hydroxyl groups is 1. The maximum Gasteiger partial charge on any atom is 0.258 e. The number of hydrogen-bond donors (Lipinski definition) is 1. The summed E-state index contributed by atoms with van der Waals surface area (Å²) in [6, 6.07) is 15.3. The van der Waals surface area contributed by atoms with Crippen molar-refractivity contribution in [3.05, 3.63) is 112 Å². The van der Waals surface area contributed by atoms with E-state index < -0.39 is 104 Å². The van der Waals surface area contributed by atoms with Crippen LogP contribution in [-0.2, 0) is 19.2 Å². The Bertz CT molecular complexity index is 2290. The number of carbonyl (C=O) groups is 4. The minimum absolute atomic E-state index is 0.0470. The largest absolute Gasteiger partial charge is 0.508 e. The fourth-order valence-corrected chi connectivity index (χ4v) is 9.36. The maximum atomic E-state index is 15.3. The quantitative estimate of drug-likeness (QED) is 0.0578. The number of carbonyl (C=O) groups excluding carboxylic acids is 4. The molecule has 6 atom stereocenters. The highest BCUT2D eigenvalue weighted by Crippen LogP contribution is 2.67. The van der Waals surface area contributed by atoms with Crippen molar-refractivity contribution in [3.8, 4) is 5.75 Å². The van der Waals surface area contributed by atoms with Crippen molar-refractivity contribution in [2.75, 3.05) is 9.80 Å². The number of nitrogens with zero attached hydrogens (tertiary/aromatic N) is 2. The van der Waals surface area contributed by atoms with Crippen molar-refractivity contribution in [1.82, 2.24) is 0 Å². The van der Waals surface area contributed by atoms with E-state index in [4.69, 9.17) is 34.8 Å². The second-order valence-corrected chi connectivity index (χ2v) is 14.6. The summed E-state index contributed by atoms with van der Waals surface area (Å²) in [5.74, 6) is -22.2. The number of allylic oxidation sites excluding steroid dienone is 2. The zero-order valence-corrected chi connectivity index (χ0v) is 27.8. The van der Waals surface area contributed by atoms with Crippen molar-refractivity contribution < 1.29 is 46.2 Å². The van der Waals surface area contributed by atoms with Crippen molar-refractivity contribution in [2.24, 2.45) is 17.8 Å². The predicted octanol–water partition coefficient (Wildman–Crippen LogP) is 7.66. The first kappa shape index (κ1) is 33.6. The summed E-state index contributed by atoms with van der Waals surface area (Å²) < 4.78 is 73.7. The van der Waals surface area contributed by atoms with E-state index in [0.717, 1.165) is 4.90 Å². The van der Waals surface area contributed by atoms with E-state index in [9.17, 15) is 37.5 Å². The Kier molecular flexibility index (Phi) is 7.41. The van der Waals surface area contributed by atoms with Crippen LogP contribution in [0, 0.1) is 46.8 Å². The molecule has 0 bridgehead atoms. The van der Waals surface area contributed by atoms with Gasteiger partial charge in [-0.15, -0.1) is 23.2 Å². The van der Waals surface area contributed by atoms with Crippen LogP contribution in [-0.4, -0.2) is 38.5 Å². The van der Waals surface area contributed by atoms with Crippen LogP contribution in [0.15, 0.2) is 72.3 Å². The van der Waals surface area contributed by atoms with Gasteiger partial charge in [-0.2, -0.15) is 0 Å². The van der Waals surface area contributed by atoms with Gasteiger partial charge in [-0.3, -0.25) is 24.1 Å². The number of phenolic OH excluding ortho intramolecular Hbond substituents is 1. The number of fused-ring (bicyclic) bond motifs is 5. The number of hydrogen-bond acceptors (Lipinski definition) is 5. The van der Waals surface area contributed by atoms with Gasteiger partial charge in [0.25, 0.3) is 11.8 Å². The topological polar surface area (TPSA) is 95.0 Å². The highest BCUT2D eigenvalue weighted by Gasteiger charge is 2.77. The van der Waals surface area contributed by atoms with Crippen molar-refractivity contribution in [2.45, 2.75) is 28.5 Å². The van der Waals surface area contributed by atoms with Crippen molar-refractivity contribution >= 4 is 80.6 Å². The average molecular weight is 762 g/mol. The minimum Gasteiger partial charge on any atom is -0.508 e. The Hall–Kier alpha value is -4.52. The van der Waals surface area contributed by atoms with Crippen LogP contribution in [0.25, 0.3) is 10.8 Å². The molecule has 4 amide bonds. The Morgan fingerprint density at radius 1 is 0.725 bits per heavy atom. The number of alkyl halides is 2. The Morgan fingerprint density at radius 3 is 2.02 bits per heavy atom. The highest BCUT2D eigenvalue weighted by atomic mass is 35.5. The third kappa shape index (κ3) is 4.24. The van der Waals surface area contributed by atoms with E-state index in [1.807, 2.05) is 0 Å². The fraction of sp³-hybridized carbons (Fsp3) is 0.222. The van der Waals surface area contributed by atoms with E-state index >= 15 is 8.78 Å². The molecule has 4 aliphatic rings. The summed E-state index contributed by atoms with van der Waals surface area (Å²) in [4.78, 5) is 52.3. The predicted molar refractivity (Wildman–Crippen MR) is 176 cm³/mol. The summed E-state index contributed by atoms with van der Waals surface area (Å²) in [5, 5.41) is 12.6. The van der Waals surface area contributed by atoms with Gasteiger partial charge in [0, 0.05) is 16.5 Å². The van der Waals surface area contributed by atoms with Gasteiger partial charge in [0.2, 0.25) is 17.6 Å². The second-order valence-electron chi connectivity index (χ2n) is 12.9. The molecule has 2 saturated heterocycles. The summed E-state index contributed by atoms with van der Waals surface area (Å²) in [7, 11) is 0. The number of benzene rings is 4. The van der Waals surface area contributed by atoms with E-state index in [0.29, 0.717) is 15.8 Å². The lowest BCUT2D eigenvalue weighted by atomic mass is 9.56. The number of imide groups is 2. The van der Waals surface area contributed by atoms with Gasteiger partial charge < -0.3 is 5.11 Å². The number of rotatable bonds is 3. The van der Waals surface area contributed by atoms with E-state index in [1.54, 1.807) is 36.4 Å². The van der Waals surface area contributed by atoms with E-state index in [2.05, 4.69) is 0 Å². The van der Waals surface area contributed by atoms with Crippen LogP contribution in [0.2, 0.25) is 5.02 Å². The smallest absolute Gasteiger partial charge is 0.258 e. The Morgan fingerprint density at radius 2 is 1.35 bits per heavy atom. The van der Waals surface area contributed by atoms with Gasteiger partial charge >= 0.3 is 0 Å². The van der Waals surface area contributed by atoms with Gasteiger partial charge in [0.1, 0.15) is 11.4 Å². The third-order valence-corrected chi connectivity index (χ3v) is 12.2. The first-order valence-electron chi connectivity index (χ1n) is 15.5. The van der Waals surface area contributed by atoms with Gasteiger partial charge in [0.15, 0.2) is 33.0 Å². The van der Waals surface area contributed by atoms with Crippen molar-refractivity contribution in [1.29, 1.82) is 0 Å². The molecule has 51 heavy (non-hydrogen) atoms. The first-order chi connectivity index (χ1) is 24.1. The molecular formula is C36H20Cl3F5N2O5. The summed E-state index contributed by atoms with van der Waals surface area (Å²) >= 11 is 20.5. The van der Waals surface area contributed by atoms with Crippen LogP contribution in [0.4, 0.5) is 33.3 Å². The van der Waals surface area contributed by atoms with E-state index in [1.165, 1.54) is 30.3 Å². The fourth-order valence-electron chi connectivity index (χ4n) is 8.32. The molecule has 2 heterocycles. The monoisotopic (exact) mass is 760 g/mol. The zero-order valence-electron chi connectivity index (χ0n) is 25.6. The van der Waals surface area contributed by atoms with Gasteiger partial charge in [-0.1, -0.05) is 53.6 Å². The number of phenols is 1. The molecule has 2 aliphatic heterocycles. The molecule has 4 aromatic rings. The molecule has 0 spiro atoms. The lowest BCUT2D eigenvalue weighted by molar-refractivity contribution is -0.125. The van der Waals surface area contributed by atoms with Crippen LogP contribution in [0.3, 0.4) is 0 Å². The number of halogens is 8. The molecule has 0 aromatic heterocycles. The molecule has 0 radical (unpaired) electrons. The standard InChI is InChI=1S/C36H20Cl3F5N2O5/c37-15-6-8-16(9-7-15)45-31(48)19-11-10-18-20(22(19)32(45)49)13-35(38)33(50)46(30-28(43)26(41)25(40)27(42)29(30)44)34(51)36(35,39)24(18)23-17-4-2-1-3-14(17)5-12-21(23)47/h1-10,12,19-20,22,24,47H,11,13H2/t19-,20+,22-,24+,35+,36-/m0/s1. The molecule has 8 rings (SSSR count). The highest BCUT2D eigenvalue weighted by molar-refractivity contribution is 6.58. The minimum atomic E-state index is -2.77. The SMILES string of the molecule is O=C1[C@H]2[C@H](CC=C3[C@H]2C[C@@]2(Cl)C(=O)N(c4c(F)c(F)c(F)c(F)c4F)C(=O)[C@@]2(Cl)[C@H]3c2c(O)ccc3ccccc23)C(=O)N1c1ccc(Cl)cc1. The molecule has 1 N–H and O–H groups in total. The molecule has 2 aliphatic carbocycles. The number of anilines is 2. The molecular weight excluding hydrogens is 742 g/mol. The van der Waals surface area contributed by atoms with Gasteiger partial charge in [0.05, 0.1) is 17.5 Å². The molecule has 7 nitrogen and oxygen atoms in total. The molecule has 0 unspecified atom stereocenters. The van der Waals surface area contributed by atoms with E-state index in [-0.39, 0.29) is 28.1 Å². The van der Waals surface area contributed by atoms with Crippen LogP contribution >= 0.6 is 34.8 Å². The lowest BCUT2D eigenvalue weighted by Crippen LogP contribution is -2.60.